The number of nitrogens with two attached hydrogens (primary N) is 1. The van der Waals surface area contributed by atoms with Crippen molar-refractivity contribution in [2.75, 3.05) is 29.5 Å². The van der Waals surface area contributed by atoms with Crippen LogP contribution < -0.4 is 16.4 Å². The average molecular weight is 439 g/mol. The minimum atomic E-state index is 0.476. The molecule has 0 unspecified atom stereocenters. The topological polar surface area (TPSA) is 142 Å². The molecule has 3 aromatic rings. The number of aryl methyl sites for hydroxylation is 3. The predicted octanol–water partition coefficient (Wildman–Crippen LogP) is 1.58. The van der Waals surface area contributed by atoms with E-state index in [1.807, 2.05) is 25.5 Å². The molecule has 11 nitrogen and oxygen atoms in total. The Balaban J connectivity index is 1.42. The monoisotopic (exact) mass is 438 g/mol. The first-order chi connectivity index (χ1) is 15.5. The zero-order valence-corrected chi connectivity index (χ0v) is 18.9. The standard InChI is InChI=1S/C21H30N10O/c1-4-17-24-10-14(19(22)27-17)11-25-20-15-12-32-9-7-16(15)26-21(28-20)23-8-5-6-18-30-29-13(2)31(18)3/h10H,4-9,11-12H2,1-3H3,(H2,22,24,27)(H2,23,25,26,28). The Hall–Kier alpha value is -3.34. The van der Waals surface area contributed by atoms with Crippen LogP contribution in [0.1, 0.15) is 47.6 Å². The maximum atomic E-state index is 6.10. The molecule has 4 heterocycles. The van der Waals surface area contributed by atoms with E-state index in [0.717, 1.165) is 72.3 Å². The van der Waals surface area contributed by atoms with Gasteiger partial charge in [0.1, 0.15) is 29.1 Å². The maximum Gasteiger partial charge on any atom is 0.224 e. The van der Waals surface area contributed by atoms with Crippen LogP contribution in [-0.4, -0.2) is 47.9 Å². The highest BCUT2D eigenvalue weighted by Gasteiger charge is 2.19. The lowest BCUT2D eigenvalue weighted by Crippen LogP contribution is -2.19. The summed E-state index contributed by atoms with van der Waals surface area (Å²) >= 11 is 0. The lowest BCUT2D eigenvalue weighted by molar-refractivity contribution is 0.109. The van der Waals surface area contributed by atoms with Gasteiger partial charge in [-0.1, -0.05) is 6.92 Å². The summed E-state index contributed by atoms with van der Waals surface area (Å²) in [6, 6.07) is 0. The van der Waals surface area contributed by atoms with Gasteiger partial charge in [-0.15, -0.1) is 10.2 Å². The Morgan fingerprint density at radius 1 is 1.19 bits per heavy atom. The van der Waals surface area contributed by atoms with Crippen molar-refractivity contribution in [2.24, 2.45) is 7.05 Å². The molecule has 1 aliphatic rings. The third kappa shape index (κ3) is 4.93. The molecular weight excluding hydrogens is 408 g/mol. The van der Waals surface area contributed by atoms with Gasteiger partial charge in [0.25, 0.3) is 0 Å². The summed E-state index contributed by atoms with van der Waals surface area (Å²) in [4.78, 5) is 18.1. The quantitative estimate of drug-likeness (QED) is 0.421. The van der Waals surface area contributed by atoms with Crippen LogP contribution in [0.15, 0.2) is 6.20 Å². The van der Waals surface area contributed by atoms with Gasteiger partial charge in [0.05, 0.1) is 18.9 Å². The van der Waals surface area contributed by atoms with Crippen molar-refractivity contribution >= 4 is 17.6 Å². The second kappa shape index (κ2) is 9.86. The van der Waals surface area contributed by atoms with Gasteiger partial charge in [-0.3, -0.25) is 0 Å². The number of anilines is 3. The molecule has 0 radical (unpaired) electrons. The molecule has 4 N–H and O–H groups in total. The van der Waals surface area contributed by atoms with Gasteiger partial charge < -0.3 is 25.7 Å². The van der Waals surface area contributed by atoms with Crippen LogP contribution in [0.4, 0.5) is 17.6 Å². The highest BCUT2D eigenvalue weighted by Crippen LogP contribution is 2.24. The molecule has 3 aromatic heterocycles. The lowest BCUT2D eigenvalue weighted by atomic mass is 10.1. The normalized spacial score (nSPS) is 13.1. The summed E-state index contributed by atoms with van der Waals surface area (Å²) in [7, 11) is 1.98. The molecule has 1 aliphatic heterocycles. The zero-order chi connectivity index (χ0) is 22.5. The minimum absolute atomic E-state index is 0.476. The number of hydrogen-bond acceptors (Lipinski definition) is 10. The SMILES string of the molecule is CCc1ncc(CNc2nc(NCCCc3nnc(C)n3C)nc3c2COCC3)c(N)n1. The molecule has 0 spiro atoms. The third-order valence-electron chi connectivity index (χ3n) is 5.58. The summed E-state index contributed by atoms with van der Waals surface area (Å²) in [6.45, 7) is 6.32. The van der Waals surface area contributed by atoms with Gasteiger partial charge in [0, 0.05) is 56.7 Å². The molecule has 0 fully saturated rings. The highest BCUT2D eigenvalue weighted by atomic mass is 16.5. The van der Waals surface area contributed by atoms with Crippen LogP contribution in [0.2, 0.25) is 0 Å². The Kier molecular flexibility index (Phi) is 6.74. The zero-order valence-electron chi connectivity index (χ0n) is 18.9. The van der Waals surface area contributed by atoms with Crippen LogP contribution in [0.25, 0.3) is 0 Å². The van der Waals surface area contributed by atoms with Crippen molar-refractivity contribution in [1.82, 2.24) is 34.7 Å². The van der Waals surface area contributed by atoms with E-state index < -0.39 is 0 Å². The maximum absolute atomic E-state index is 6.10. The molecule has 0 aromatic carbocycles. The van der Waals surface area contributed by atoms with E-state index in [0.29, 0.717) is 31.5 Å². The smallest absolute Gasteiger partial charge is 0.224 e. The van der Waals surface area contributed by atoms with E-state index in [9.17, 15) is 0 Å². The molecule has 0 aliphatic carbocycles. The van der Waals surface area contributed by atoms with Crippen LogP contribution in [0, 0.1) is 6.92 Å². The average Bonchev–Trinajstić information content (AvgIpc) is 3.13. The number of nitrogens with zero attached hydrogens (tertiary/aromatic N) is 7. The van der Waals surface area contributed by atoms with Crippen molar-refractivity contribution in [1.29, 1.82) is 0 Å². The number of nitrogen functional groups attached to an aromatic ring is 1. The molecular formula is C21H30N10O. The predicted molar refractivity (Wildman–Crippen MR) is 121 cm³/mol. The van der Waals surface area contributed by atoms with E-state index in [2.05, 4.69) is 30.8 Å². The van der Waals surface area contributed by atoms with Crippen molar-refractivity contribution in [3.05, 3.63) is 40.5 Å². The molecule has 4 rings (SSSR count). The van der Waals surface area contributed by atoms with E-state index in [1.165, 1.54) is 0 Å². The third-order valence-corrected chi connectivity index (χ3v) is 5.58. The Labute approximate surface area is 187 Å². The van der Waals surface area contributed by atoms with Crippen molar-refractivity contribution in [3.8, 4) is 0 Å². The number of rotatable bonds is 9. The summed E-state index contributed by atoms with van der Waals surface area (Å²) in [5.74, 6) is 4.47. The van der Waals surface area contributed by atoms with Crippen LogP contribution in [-0.2, 0) is 44.2 Å². The number of aromatic nitrogens is 7. The fourth-order valence-electron chi connectivity index (χ4n) is 3.52. The summed E-state index contributed by atoms with van der Waals surface area (Å²) in [6.07, 6.45) is 5.01. The molecule has 170 valence electrons. The van der Waals surface area contributed by atoms with E-state index in [4.69, 9.17) is 20.4 Å². The number of hydrogen-bond donors (Lipinski definition) is 3. The van der Waals surface area contributed by atoms with Gasteiger partial charge in [-0.25, -0.2) is 15.0 Å². The second-order valence-corrected chi connectivity index (χ2v) is 7.78. The van der Waals surface area contributed by atoms with Gasteiger partial charge in [0.2, 0.25) is 5.95 Å². The van der Waals surface area contributed by atoms with E-state index >= 15 is 0 Å². The minimum Gasteiger partial charge on any atom is -0.383 e. The molecule has 32 heavy (non-hydrogen) atoms. The van der Waals surface area contributed by atoms with E-state index in [-0.39, 0.29) is 0 Å². The molecule has 0 atom stereocenters. The fraction of sp³-hybridized carbons (Fsp3) is 0.524. The number of ether oxygens (including phenoxy) is 1. The molecule has 0 saturated carbocycles. The Morgan fingerprint density at radius 3 is 2.81 bits per heavy atom. The summed E-state index contributed by atoms with van der Waals surface area (Å²) in [5, 5.41) is 15.0. The first-order valence-electron chi connectivity index (χ1n) is 11.0. The Morgan fingerprint density at radius 2 is 2.06 bits per heavy atom. The largest absolute Gasteiger partial charge is 0.383 e. The lowest BCUT2D eigenvalue weighted by Gasteiger charge is -2.20. The van der Waals surface area contributed by atoms with Gasteiger partial charge in [-0.05, 0) is 13.3 Å². The molecule has 0 bridgehead atoms. The van der Waals surface area contributed by atoms with Crippen molar-refractivity contribution in [3.63, 3.8) is 0 Å². The second-order valence-electron chi connectivity index (χ2n) is 7.78. The number of nitrogens with one attached hydrogen (secondary N) is 2. The van der Waals surface area contributed by atoms with Gasteiger partial charge in [0.15, 0.2) is 0 Å². The van der Waals surface area contributed by atoms with E-state index in [1.54, 1.807) is 6.20 Å². The summed E-state index contributed by atoms with van der Waals surface area (Å²) < 4.78 is 7.65. The van der Waals surface area contributed by atoms with Crippen molar-refractivity contribution in [2.45, 2.75) is 52.7 Å². The Bertz CT molecular complexity index is 1080. The summed E-state index contributed by atoms with van der Waals surface area (Å²) in [5.41, 5.74) is 8.92. The van der Waals surface area contributed by atoms with Gasteiger partial charge >= 0.3 is 0 Å². The van der Waals surface area contributed by atoms with Crippen LogP contribution >= 0.6 is 0 Å². The highest BCUT2D eigenvalue weighted by molar-refractivity contribution is 5.52. The molecule has 0 amide bonds. The van der Waals surface area contributed by atoms with Crippen molar-refractivity contribution < 1.29 is 4.74 Å². The molecule has 11 heteroatoms. The van der Waals surface area contributed by atoms with Crippen LogP contribution in [0.3, 0.4) is 0 Å². The number of fused-ring (bicyclic) bond motifs is 1. The van der Waals surface area contributed by atoms with Crippen LogP contribution in [0.5, 0.6) is 0 Å². The first kappa shape index (κ1) is 21.9. The first-order valence-corrected chi connectivity index (χ1v) is 11.0. The molecule has 0 saturated heterocycles. The fourth-order valence-corrected chi connectivity index (χ4v) is 3.52. The van der Waals surface area contributed by atoms with Gasteiger partial charge in [-0.2, -0.15) is 4.98 Å².